The molecule has 0 aliphatic carbocycles. The summed E-state index contributed by atoms with van der Waals surface area (Å²) in [5.41, 5.74) is 1.18. The first-order valence-corrected chi connectivity index (χ1v) is 5.25. The van der Waals surface area contributed by atoms with E-state index in [1.807, 2.05) is 30.3 Å². The van der Waals surface area contributed by atoms with Gasteiger partial charge < -0.3 is 5.32 Å². The maximum Gasteiger partial charge on any atom is 0.244 e. The molecule has 1 unspecified atom stereocenters. The van der Waals surface area contributed by atoms with Crippen molar-refractivity contribution in [1.82, 2.24) is 5.32 Å². The van der Waals surface area contributed by atoms with Gasteiger partial charge in [-0.2, -0.15) is 0 Å². The SMILES string of the molecule is C=CC(=O)NC(Br)Cc1ccccc1. The van der Waals surface area contributed by atoms with E-state index < -0.39 is 0 Å². The van der Waals surface area contributed by atoms with Gasteiger partial charge in [0.15, 0.2) is 0 Å². The number of carbonyl (C=O) groups is 1. The Morgan fingerprint density at radius 2 is 2.14 bits per heavy atom. The maximum absolute atomic E-state index is 11.0. The summed E-state index contributed by atoms with van der Waals surface area (Å²) in [6, 6.07) is 9.96. The van der Waals surface area contributed by atoms with Gasteiger partial charge in [0.2, 0.25) is 5.91 Å². The fourth-order valence-electron chi connectivity index (χ4n) is 1.09. The summed E-state index contributed by atoms with van der Waals surface area (Å²) >= 11 is 3.38. The van der Waals surface area contributed by atoms with Gasteiger partial charge in [0.05, 0.1) is 4.95 Å². The van der Waals surface area contributed by atoms with Crippen LogP contribution < -0.4 is 5.32 Å². The number of nitrogens with one attached hydrogen (secondary N) is 1. The molecule has 2 nitrogen and oxygen atoms in total. The zero-order valence-electron chi connectivity index (χ0n) is 7.74. The van der Waals surface area contributed by atoms with Crippen molar-refractivity contribution in [3.63, 3.8) is 0 Å². The summed E-state index contributed by atoms with van der Waals surface area (Å²) in [5, 5.41) is 2.74. The Morgan fingerprint density at radius 1 is 1.50 bits per heavy atom. The number of amides is 1. The van der Waals surface area contributed by atoms with E-state index in [4.69, 9.17) is 0 Å². The van der Waals surface area contributed by atoms with Gasteiger partial charge in [-0.3, -0.25) is 4.79 Å². The number of carbonyl (C=O) groups excluding carboxylic acids is 1. The molecule has 0 radical (unpaired) electrons. The van der Waals surface area contributed by atoms with Gasteiger partial charge in [-0.15, -0.1) is 0 Å². The fraction of sp³-hybridized carbons (Fsp3) is 0.182. The summed E-state index contributed by atoms with van der Waals surface area (Å²) in [7, 11) is 0. The lowest BCUT2D eigenvalue weighted by Gasteiger charge is -2.10. The summed E-state index contributed by atoms with van der Waals surface area (Å²) in [6.07, 6.45) is 2.03. The van der Waals surface area contributed by atoms with Crippen LogP contribution in [0, 0.1) is 0 Å². The molecule has 1 rings (SSSR count). The summed E-state index contributed by atoms with van der Waals surface area (Å²) in [6.45, 7) is 3.39. The number of alkyl halides is 1. The Labute approximate surface area is 92.1 Å². The van der Waals surface area contributed by atoms with Crippen LogP contribution >= 0.6 is 15.9 Å². The van der Waals surface area contributed by atoms with E-state index in [-0.39, 0.29) is 10.9 Å². The first-order valence-electron chi connectivity index (χ1n) is 4.33. The van der Waals surface area contributed by atoms with Gasteiger partial charge >= 0.3 is 0 Å². The van der Waals surface area contributed by atoms with Crippen molar-refractivity contribution in [1.29, 1.82) is 0 Å². The molecule has 0 heterocycles. The van der Waals surface area contributed by atoms with Crippen LogP contribution in [0.15, 0.2) is 43.0 Å². The van der Waals surface area contributed by atoms with Crippen molar-refractivity contribution in [2.45, 2.75) is 11.4 Å². The lowest BCUT2D eigenvalue weighted by molar-refractivity contribution is -0.116. The average molecular weight is 254 g/mol. The Hall–Kier alpha value is -1.09. The fourth-order valence-corrected chi connectivity index (χ4v) is 1.68. The second-order valence-corrected chi connectivity index (χ2v) is 3.98. The molecule has 0 fully saturated rings. The molecule has 0 aliphatic heterocycles. The van der Waals surface area contributed by atoms with Crippen LogP contribution in [-0.4, -0.2) is 10.9 Å². The topological polar surface area (TPSA) is 29.1 Å². The molecule has 1 aromatic carbocycles. The molecule has 0 saturated heterocycles. The van der Waals surface area contributed by atoms with Crippen LogP contribution in [0.5, 0.6) is 0 Å². The minimum Gasteiger partial charge on any atom is -0.340 e. The molecule has 74 valence electrons. The quantitative estimate of drug-likeness (QED) is 0.498. The molecule has 1 aromatic rings. The predicted molar refractivity (Wildman–Crippen MR) is 61.2 cm³/mol. The monoisotopic (exact) mass is 253 g/mol. The van der Waals surface area contributed by atoms with Crippen molar-refractivity contribution in [3.8, 4) is 0 Å². The number of benzene rings is 1. The molecule has 14 heavy (non-hydrogen) atoms. The first kappa shape index (κ1) is 11.0. The van der Waals surface area contributed by atoms with Crippen LogP contribution in [0.4, 0.5) is 0 Å². The number of hydrogen-bond donors (Lipinski definition) is 1. The van der Waals surface area contributed by atoms with Gasteiger partial charge in [-0.05, 0) is 11.6 Å². The highest BCUT2D eigenvalue weighted by molar-refractivity contribution is 9.09. The highest BCUT2D eigenvalue weighted by atomic mass is 79.9. The molecule has 0 aliphatic rings. The third-order valence-corrected chi connectivity index (χ3v) is 2.29. The molecule has 0 spiro atoms. The van der Waals surface area contributed by atoms with Crippen molar-refractivity contribution in [2.75, 3.05) is 0 Å². The molecular weight excluding hydrogens is 242 g/mol. The van der Waals surface area contributed by atoms with Crippen molar-refractivity contribution >= 4 is 21.8 Å². The normalized spacial score (nSPS) is 11.8. The molecule has 3 heteroatoms. The van der Waals surface area contributed by atoms with Crippen LogP contribution in [0.2, 0.25) is 0 Å². The number of hydrogen-bond acceptors (Lipinski definition) is 1. The van der Waals surface area contributed by atoms with E-state index >= 15 is 0 Å². The molecular formula is C11H12BrNO. The third-order valence-electron chi connectivity index (χ3n) is 1.74. The smallest absolute Gasteiger partial charge is 0.244 e. The molecule has 1 N–H and O–H groups in total. The van der Waals surface area contributed by atoms with Crippen molar-refractivity contribution < 1.29 is 4.79 Å². The van der Waals surface area contributed by atoms with Crippen LogP contribution in [0.1, 0.15) is 5.56 Å². The van der Waals surface area contributed by atoms with Gasteiger partial charge in [0.25, 0.3) is 0 Å². The predicted octanol–water partition coefficient (Wildman–Crippen LogP) is 2.25. The maximum atomic E-state index is 11.0. The zero-order valence-corrected chi connectivity index (χ0v) is 9.33. The Balaban J connectivity index is 2.45. The second-order valence-electron chi connectivity index (χ2n) is 2.87. The van der Waals surface area contributed by atoms with E-state index in [0.29, 0.717) is 0 Å². The largest absolute Gasteiger partial charge is 0.340 e. The molecule has 1 amide bonds. The van der Waals surface area contributed by atoms with Crippen LogP contribution in [0.3, 0.4) is 0 Å². The second kappa shape index (κ2) is 5.60. The van der Waals surface area contributed by atoms with E-state index in [2.05, 4.69) is 27.8 Å². The minimum atomic E-state index is -0.164. The van der Waals surface area contributed by atoms with Crippen LogP contribution in [-0.2, 0) is 11.2 Å². The first-order chi connectivity index (χ1) is 6.72. The van der Waals surface area contributed by atoms with E-state index in [0.717, 1.165) is 6.42 Å². The Bertz CT molecular complexity index is 310. The average Bonchev–Trinajstić information content (AvgIpc) is 2.19. The Morgan fingerprint density at radius 3 is 2.71 bits per heavy atom. The summed E-state index contributed by atoms with van der Waals surface area (Å²) in [4.78, 5) is 10.9. The third kappa shape index (κ3) is 3.75. The number of rotatable bonds is 4. The Kier molecular flexibility index (Phi) is 4.40. The molecule has 0 bridgehead atoms. The van der Waals surface area contributed by atoms with Gasteiger partial charge in [0, 0.05) is 6.42 Å². The molecule has 1 atom stereocenters. The van der Waals surface area contributed by atoms with Crippen LogP contribution in [0.25, 0.3) is 0 Å². The minimum absolute atomic E-state index is 0.0459. The lowest BCUT2D eigenvalue weighted by atomic mass is 10.1. The van der Waals surface area contributed by atoms with E-state index in [1.54, 1.807) is 0 Å². The van der Waals surface area contributed by atoms with Crippen molar-refractivity contribution in [2.24, 2.45) is 0 Å². The lowest BCUT2D eigenvalue weighted by Crippen LogP contribution is -2.30. The number of halogens is 1. The van der Waals surface area contributed by atoms with E-state index in [9.17, 15) is 4.79 Å². The standard InChI is InChI=1S/C11H12BrNO/c1-2-11(14)13-10(12)8-9-6-4-3-5-7-9/h2-7,10H,1,8H2,(H,13,14). The molecule has 0 aromatic heterocycles. The van der Waals surface area contributed by atoms with Gasteiger partial charge in [0.1, 0.15) is 0 Å². The zero-order chi connectivity index (χ0) is 10.4. The van der Waals surface area contributed by atoms with Crippen molar-refractivity contribution in [3.05, 3.63) is 48.6 Å². The summed E-state index contributed by atoms with van der Waals surface area (Å²) < 4.78 is 0. The van der Waals surface area contributed by atoms with E-state index in [1.165, 1.54) is 11.6 Å². The summed E-state index contributed by atoms with van der Waals surface area (Å²) in [5.74, 6) is -0.164. The molecule has 0 saturated carbocycles. The van der Waals surface area contributed by atoms with Gasteiger partial charge in [-0.1, -0.05) is 52.8 Å². The van der Waals surface area contributed by atoms with Gasteiger partial charge in [-0.25, -0.2) is 0 Å². The highest BCUT2D eigenvalue weighted by Gasteiger charge is 2.06. The highest BCUT2D eigenvalue weighted by Crippen LogP contribution is 2.07.